The van der Waals surface area contributed by atoms with Crippen molar-refractivity contribution in [3.05, 3.63) is 33.8 Å². The zero-order valence-corrected chi connectivity index (χ0v) is 13.1. The minimum atomic E-state index is 0.339. The normalized spacial score (nSPS) is 27.2. The maximum atomic E-state index is 8.90. The second-order valence-corrected chi connectivity index (χ2v) is 6.42. The molecule has 0 saturated carbocycles. The first kappa shape index (κ1) is 14.0. The number of nitrogens with zero attached hydrogens (tertiary/aromatic N) is 3. The first-order valence-electron chi connectivity index (χ1n) is 6.90. The van der Waals surface area contributed by atoms with Gasteiger partial charge in [-0.3, -0.25) is 9.80 Å². The summed E-state index contributed by atoms with van der Waals surface area (Å²) in [6, 6.07) is 8.49. The van der Waals surface area contributed by atoms with Gasteiger partial charge in [0.05, 0.1) is 24.3 Å². The van der Waals surface area contributed by atoms with Crippen molar-refractivity contribution in [2.24, 2.45) is 0 Å². The van der Waals surface area contributed by atoms with Gasteiger partial charge in [-0.2, -0.15) is 5.26 Å². The van der Waals surface area contributed by atoms with Crippen LogP contribution in [0.2, 0.25) is 0 Å². The lowest BCUT2D eigenvalue weighted by molar-refractivity contribution is -0.0370. The number of hydrogen-bond acceptors (Lipinski definition) is 4. The molecule has 0 aromatic heterocycles. The van der Waals surface area contributed by atoms with Gasteiger partial charge in [0.25, 0.3) is 0 Å². The van der Waals surface area contributed by atoms with Gasteiger partial charge in [0.2, 0.25) is 0 Å². The first-order valence-corrected chi connectivity index (χ1v) is 7.69. The number of halogens is 1. The van der Waals surface area contributed by atoms with Gasteiger partial charge in [0.15, 0.2) is 0 Å². The van der Waals surface area contributed by atoms with E-state index in [-0.39, 0.29) is 0 Å². The van der Waals surface area contributed by atoms with Gasteiger partial charge in [-0.25, -0.2) is 0 Å². The molecular formula is C15H18BrN3O. The van der Waals surface area contributed by atoms with Crippen molar-refractivity contribution < 1.29 is 4.74 Å². The fourth-order valence-electron chi connectivity index (χ4n) is 3.05. The summed E-state index contributed by atoms with van der Waals surface area (Å²) in [4.78, 5) is 4.84. The summed E-state index contributed by atoms with van der Waals surface area (Å²) in [5.41, 5.74) is 1.92. The average Bonchev–Trinajstić information content (AvgIpc) is 2.85. The number of fused-ring (bicyclic) bond motifs is 1. The van der Waals surface area contributed by atoms with Gasteiger partial charge < -0.3 is 4.74 Å². The van der Waals surface area contributed by atoms with E-state index in [1.807, 2.05) is 18.2 Å². The second kappa shape index (κ2) is 5.82. The third-order valence-electron chi connectivity index (χ3n) is 4.23. The Hall–Kier alpha value is -0.930. The van der Waals surface area contributed by atoms with Crippen molar-refractivity contribution in [2.45, 2.75) is 18.7 Å². The molecular weight excluding hydrogens is 318 g/mol. The highest BCUT2D eigenvalue weighted by atomic mass is 79.9. The van der Waals surface area contributed by atoms with Gasteiger partial charge in [0.1, 0.15) is 0 Å². The molecule has 2 aliphatic heterocycles. The molecule has 5 heteroatoms. The van der Waals surface area contributed by atoms with Crippen LogP contribution >= 0.6 is 15.9 Å². The molecule has 0 N–H and O–H groups in total. The topological polar surface area (TPSA) is 39.5 Å². The van der Waals surface area contributed by atoms with Crippen molar-refractivity contribution in [3.63, 3.8) is 0 Å². The molecule has 2 heterocycles. The monoisotopic (exact) mass is 335 g/mol. The molecule has 0 spiro atoms. The molecule has 0 aliphatic carbocycles. The Morgan fingerprint density at radius 2 is 2.30 bits per heavy atom. The molecule has 20 heavy (non-hydrogen) atoms. The number of likely N-dealkylation sites (tertiary alicyclic amines) is 1. The smallest absolute Gasteiger partial charge is 0.0992 e. The number of morpholine rings is 1. The van der Waals surface area contributed by atoms with Crippen LogP contribution in [0.25, 0.3) is 0 Å². The fraction of sp³-hybridized carbons (Fsp3) is 0.533. The Morgan fingerprint density at radius 1 is 1.45 bits per heavy atom. The molecule has 2 saturated heterocycles. The van der Waals surface area contributed by atoms with E-state index in [1.54, 1.807) is 0 Å². The largest absolute Gasteiger partial charge is 0.374 e. The van der Waals surface area contributed by atoms with Crippen LogP contribution in [0, 0.1) is 11.3 Å². The Morgan fingerprint density at radius 3 is 3.00 bits per heavy atom. The zero-order valence-electron chi connectivity index (χ0n) is 11.6. The molecule has 2 atom stereocenters. The molecule has 3 rings (SSSR count). The molecule has 1 aromatic rings. The summed E-state index contributed by atoms with van der Waals surface area (Å²) in [6.45, 7) is 4.80. The van der Waals surface area contributed by atoms with E-state index in [1.165, 1.54) is 5.56 Å². The van der Waals surface area contributed by atoms with Crippen LogP contribution in [0.3, 0.4) is 0 Å². The van der Waals surface area contributed by atoms with Crippen LogP contribution in [0.4, 0.5) is 0 Å². The highest BCUT2D eigenvalue weighted by molar-refractivity contribution is 9.10. The number of likely N-dealkylation sites (N-methyl/N-ethyl adjacent to an activating group) is 1. The molecule has 2 aliphatic rings. The summed E-state index contributed by atoms with van der Waals surface area (Å²) in [5, 5.41) is 8.90. The lowest BCUT2D eigenvalue weighted by Gasteiger charge is -2.33. The van der Waals surface area contributed by atoms with Crippen molar-refractivity contribution in [1.82, 2.24) is 9.80 Å². The zero-order chi connectivity index (χ0) is 14.1. The summed E-state index contributed by atoms with van der Waals surface area (Å²) in [5.74, 6) is 0. The van der Waals surface area contributed by atoms with E-state index < -0.39 is 0 Å². The van der Waals surface area contributed by atoms with Crippen molar-refractivity contribution >= 4 is 15.9 Å². The minimum absolute atomic E-state index is 0.339. The second-order valence-electron chi connectivity index (χ2n) is 5.57. The number of rotatable bonds is 2. The highest BCUT2D eigenvalue weighted by Gasteiger charge is 2.38. The van der Waals surface area contributed by atoms with Gasteiger partial charge in [-0.15, -0.1) is 0 Å². The minimum Gasteiger partial charge on any atom is -0.374 e. The van der Waals surface area contributed by atoms with Crippen molar-refractivity contribution in [2.75, 3.05) is 33.3 Å². The van der Waals surface area contributed by atoms with Crippen LogP contribution in [-0.2, 0) is 11.3 Å². The third-order valence-corrected chi connectivity index (χ3v) is 4.97. The van der Waals surface area contributed by atoms with E-state index in [0.717, 1.165) is 37.3 Å². The summed E-state index contributed by atoms with van der Waals surface area (Å²) < 4.78 is 6.88. The molecule has 106 valence electrons. The van der Waals surface area contributed by atoms with Crippen LogP contribution in [0.15, 0.2) is 22.7 Å². The number of benzene rings is 1. The molecule has 0 radical (unpaired) electrons. The van der Waals surface area contributed by atoms with Crippen LogP contribution in [-0.4, -0.2) is 55.2 Å². The summed E-state index contributed by atoms with van der Waals surface area (Å²) >= 11 is 3.56. The van der Waals surface area contributed by atoms with E-state index in [4.69, 9.17) is 10.00 Å². The van der Waals surface area contributed by atoms with Gasteiger partial charge >= 0.3 is 0 Å². The first-order chi connectivity index (χ1) is 9.67. The summed E-state index contributed by atoms with van der Waals surface area (Å²) in [6.07, 6.45) is 0.339. The van der Waals surface area contributed by atoms with Crippen LogP contribution in [0.1, 0.15) is 11.1 Å². The fourth-order valence-corrected chi connectivity index (χ4v) is 3.55. The number of hydrogen-bond donors (Lipinski definition) is 0. The van der Waals surface area contributed by atoms with E-state index in [2.05, 4.69) is 38.8 Å². The average molecular weight is 336 g/mol. The van der Waals surface area contributed by atoms with Crippen LogP contribution in [0.5, 0.6) is 0 Å². The maximum Gasteiger partial charge on any atom is 0.0992 e. The quantitative estimate of drug-likeness (QED) is 0.826. The maximum absolute atomic E-state index is 8.90. The molecule has 1 aromatic carbocycles. The lowest BCUT2D eigenvalue weighted by atomic mass is 10.1. The number of ether oxygens (including phenoxy) is 1. The highest BCUT2D eigenvalue weighted by Crippen LogP contribution is 2.26. The predicted molar refractivity (Wildman–Crippen MR) is 80.3 cm³/mol. The Bertz CT molecular complexity index is 542. The Kier molecular flexibility index (Phi) is 4.08. The third kappa shape index (κ3) is 2.75. The van der Waals surface area contributed by atoms with E-state index in [9.17, 15) is 0 Å². The van der Waals surface area contributed by atoms with Crippen molar-refractivity contribution in [1.29, 1.82) is 5.26 Å². The molecule has 0 amide bonds. The van der Waals surface area contributed by atoms with Crippen LogP contribution < -0.4 is 0 Å². The Balaban J connectivity index is 1.69. The molecule has 0 unspecified atom stereocenters. The van der Waals surface area contributed by atoms with Crippen molar-refractivity contribution in [3.8, 4) is 6.07 Å². The molecule has 4 nitrogen and oxygen atoms in total. The molecule has 2 fully saturated rings. The standard InChI is InChI=1S/C15H18BrN3O/c1-18-4-5-20-15-10-19(9-14(15)18)8-12-3-2-11(7-17)6-13(12)16/h2-3,6,14-15H,4-5,8-10H2,1H3/t14-,15-/m1/s1. The Labute approximate surface area is 128 Å². The predicted octanol–water partition coefficient (Wildman–Crippen LogP) is 1.84. The number of nitriles is 1. The SMILES string of the molecule is CN1CCO[C@@H]2CN(Cc3ccc(C#N)cc3Br)C[C@H]21. The summed E-state index contributed by atoms with van der Waals surface area (Å²) in [7, 11) is 2.18. The van der Waals surface area contributed by atoms with Gasteiger partial charge in [0, 0.05) is 36.7 Å². The van der Waals surface area contributed by atoms with Gasteiger partial charge in [-0.1, -0.05) is 22.0 Å². The molecule has 0 bridgehead atoms. The van der Waals surface area contributed by atoms with Gasteiger partial charge in [-0.05, 0) is 24.7 Å². The van der Waals surface area contributed by atoms with E-state index >= 15 is 0 Å². The lowest BCUT2D eigenvalue weighted by Crippen LogP contribution is -2.48. The van der Waals surface area contributed by atoms with E-state index in [0.29, 0.717) is 17.7 Å².